The lowest BCUT2D eigenvalue weighted by Gasteiger charge is -2.10. The Morgan fingerprint density at radius 2 is 1.61 bits per heavy atom. The maximum absolute atomic E-state index is 12.1. The Kier molecular flexibility index (Phi) is 9.16. The fraction of sp³-hybridized carbons (Fsp3) is 0.185. The Hall–Kier alpha value is -4.66. The minimum absolute atomic E-state index is 0.141. The first-order valence-electron chi connectivity index (χ1n) is 11.3. The maximum atomic E-state index is 12.1. The van der Waals surface area contributed by atoms with Gasteiger partial charge >= 0.3 is 11.8 Å². The number of anilines is 2. The number of ether oxygens (including phenoxy) is 2. The molecule has 9 nitrogen and oxygen atoms in total. The van der Waals surface area contributed by atoms with Gasteiger partial charge in [-0.2, -0.15) is 5.10 Å². The van der Waals surface area contributed by atoms with Crippen molar-refractivity contribution in [3.63, 3.8) is 0 Å². The molecule has 9 heteroatoms. The minimum Gasteiger partial charge on any atom is -0.492 e. The van der Waals surface area contributed by atoms with Crippen LogP contribution in [0.25, 0.3) is 0 Å². The molecule has 3 aromatic rings. The highest BCUT2D eigenvalue weighted by Gasteiger charge is 2.15. The Bertz CT molecular complexity index is 1260. The van der Waals surface area contributed by atoms with E-state index in [1.165, 1.54) is 6.21 Å². The molecule has 0 saturated heterocycles. The van der Waals surface area contributed by atoms with Gasteiger partial charge in [0, 0.05) is 5.69 Å². The number of nitrogens with one attached hydrogen (secondary N) is 3. The van der Waals surface area contributed by atoms with Crippen LogP contribution in [0.2, 0.25) is 0 Å². The first-order valence-corrected chi connectivity index (χ1v) is 11.3. The summed E-state index contributed by atoms with van der Waals surface area (Å²) in [5, 5.41) is 9.10. The van der Waals surface area contributed by atoms with Gasteiger partial charge in [-0.1, -0.05) is 18.2 Å². The van der Waals surface area contributed by atoms with Gasteiger partial charge in [-0.25, -0.2) is 5.43 Å². The van der Waals surface area contributed by atoms with Gasteiger partial charge in [0.05, 0.1) is 18.5 Å². The van der Waals surface area contributed by atoms with Crippen LogP contribution < -0.4 is 25.5 Å². The van der Waals surface area contributed by atoms with Crippen LogP contribution in [0.4, 0.5) is 11.4 Å². The van der Waals surface area contributed by atoms with E-state index in [9.17, 15) is 14.4 Å². The van der Waals surface area contributed by atoms with Gasteiger partial charge in [0.15, 0.2) is 6.61 Å². The average molecular weight is 489 g/mol. The molecule has 0 saturated carbocycles. The number of amides is 3. The number of nitrogens with zero attached hydrogens (tertiary/aromatic N) is 1. The lowest BCUT2D eigenvalue weighted by Crippen LogP contribution is -2.32. The summed E-state index contributed by atoms with van der Waals surface area (Å²) in [5.41, 5.74) is 6.19. The van der Waals surface area contributed by atoms with E-state index in [0.717, 1.165) is 11.1 Å². The summed E-state index contributed by atoms with van der Waals surface area (Å²) in [7, 11) is 0. The fourth-order valence-electron chi connectivity index (χ4n) is 3.06. The van der Waals surface area contributed by atoms with Gasteiger partial charge in [0.25, 0.3) is 5.91 Å². The molecule has 3 amide bonds. The van der Waals surface area contributed by atoms with Gasteiger partial charge in [0.2, 0.25) is 0 Å². The number of carbonyl (C=O) groups is 3. The third kappa shape index (κ3) is 7.69. The van der Waals surface area contributed by atoms with Gasteiger partial charge < -0.3 is 20.1 Å². The molecule has 0 aromatic heterocycles. The number of rotatable bonds is 9. The third-order valence-corrected chi connectivity index (χ3v) is 5.06. The number of hydrogen-bond donors (Lipinski definition) is 3. The molecule has 0 unspecified atom stereocenters. The molecular formula is C27H28N4O5. The molecule has 0 bridgehead atoms. The van der Waals surface area contributed by atoms with E-state index < -0.39 is 11.8 Å². The van der Waals surface area contributed by atoms with Crippen molar-refractivity contribution in [1.29, 1.82) is 0 Å². The first kappa shape index (κ1) is 26.0. The minimum atomic E-state index is -0.924. The van der Waals surface area contributed by atoms with E-state index >= 15 is 0 Å². The number of carbonyl (C=O) groups excluding carboxylic acids is 3. The van der Waals surface area contributed by atoms with E-state index in [2.05, 4.69) is 21.2 Å². The molecule has 0 aliphatic carbocycles. The summed E-state index contributed by atoms with van der Waals surface area (Å²) in [4.78, 5) is 36.3. The number of hydrogen-bond acceptors (Lipinski definition) is 6. The number of benzene rings is 3. The van der Waals surface area contributed by atoms with Crippen molar-refractivity contribution in [1.82, 2.24) is 5.43 Å². The van der Waals surface area contributed by atoms with Crippen molar-refractivity contribution in [2.45, 2.75) is 20.8 Å². The Balaban J connectivity index is 1.45. The van der Waals surface area contributed by atoms with E-state index in [1.807, 2.05) is 39.0 Å². The molecule has 186 valence electrons. The second-order valence-electron chi connectivity index (χ2n) is 7.79. The summed E-state index contributed by atoms with van der Waals surface area (Å²) >= 11 is 0. The van der Waals surface area contributed by atoms with E-state index in [-0.39, 0.29) is 12.5 Å². The molecule has 0 heterocycles. The SMILES string of the molecule is CCOc1ccccc1NC(=O)C(=O)N/N=C\c1ccc(OCC(=O)Nc2ccc(C)c(C)c2)cc1. The van der Waals surface area contributed by atoms with Crippen molar-refractivity contribution in [3.8, 4) is 11.5 Å². The van der Waals surface area contributed by atoms with Crippen LogP contribution in [0.15, 0.2) is 71.8 Å². The summed E-state index contributed by atoms with van der Waals surface area (Å²) in [6, 6.07) is 19.3. The van der Waals surface area contributed by atoms with Crippen molar-refractivity contribution in [2.24, 2.45) is 5.10 Å². The topological polar surface area (TPSA) is 118 Å². The third-order valence-electron chi connectivity index (χ3n) is 5.06. The second kappa shape index (κ2) is 12.7. The van der Waals surface area contributed by atoms with E-state index in [1.54, 1.807) is 48.5 Å². The molecular weight excluding hydrogens is 460 g/mol. The van der Waals surface area contributed by atoms with Crippen LogP contribution in [0.1, 0.15) is 23.6 Å². The average Bonchev–Trinajstić information content (AvgIpc) is 2.87. The molecule has 3 rings (SSSR count). The highest BCUT2D eigenvalue weighted by atomic mass is 16.5. The number of para-hydroxylation sites is 2. The van der Waals surface area contributed by atoms with Crippen molar-refractivity contribution in [3.05, 3.63) is 83.4 Å². The molecule has 36 heavy (non-hydrogen) atoms. The quantitative estimate of drug-likeness (QED) is 0.241. The smallest absolute Gasteiger partial charge is 0.329 e. The lowest BCUT2D eigenvalue weighted by molar-refractivity contribution is -0.136. The standard InChI is InChI=1S/C27H28N4O5/c1-4-35-24-8-6-5-7-23(24)30-26(33)27(34)31-28-16-20-10-13-22(14-11-20)36-17-25(32)29-21-12-9-18(2)19(3)15-21/h5-16H,4,17H2,1-3H3,(H,29,32)(H,30,33)(H,31,34)/b28-16-. The Labute approximate surface area is 209 Å². The van der Waals surface area contributed by atoms with Crippen molar-refractivity contribution in [2.75, 3.05) is 23.8 Å². The summed E-state index contributed by atoms with van der Waals surface area (Å²) in [5.74, 6) is -1.10. The zero-order valence-electron chi connectivity index (χ0n) is 20.3. The molecule has 0 fully saturated rings. The Morgan fingerprint density at radius 1 is 0.861 bits per heavy atom. The van der Waals surface area contributed by atoms with E-state index in [0.29, 0.717) is 35.0 Å². The summed E-state index contributed by atoms with van der Waals surface area (Å²) in [6.45, 7) is 6.09. The molecule has 0 spiro atoms. The molecule has 0 aliphatic heterocycles. The molecule has 3 N–H and O–H groups in total. The van der Waals surface area contributed by atoms with Crippen LogP contribution in [0.3, 0.4) is 0 Å². The van der Waals surface area contributed by atoms with E-state index in [4.69, 9.17) is 9.47 Å². The molecule has 0 aliphatic rings. The van der Waals surface area contributed by atoms with Crippen LogP contribution in [-0.4, -0.2) is 37.1 Å². The normalized spacial score (nSPS) is 10.5. The van der Waals surface area contributed by atoms with Crippen LogP contribution >= 0.6 is 0 Å². The van der Waals surface area contributed by atoms with Crippen LogP contribution in [-0.2, 0) is 14.4 Å². The zero-order valence-corrected chi connectivity index (χ0v) is 20.3. The zero-order chi connectivity index (χ0) is 25.9. The largest absolute Gasteiger partial charge is 0.492 e. The van der Waals surface area contributed by atoms with Gasteiger partial charge in [-0.15, -0.1) is 0 Å². The van der Waals surface area contributed by atoms with Crippen molar-refractivity contribution >= 4 is 35.3 Å². The predicted molar refractivity (Wildman–Crippen MR) is 138 cm³/mol. The predicted octanol–water partition coefficient (Wildman–Crippen LogP) is 3.81. The summed E-state index contributed by atoms with van der Waals surface area (Å²) in [6.07, 6.45) is 1.38. The molecule has 0 radical (unpaired) electrons. The maximum Gasteiger partial charge on any atom is 0.329 e. The second-order valence-corrected chi connectivity index (χ2v) is 7.79. The highest BCUT2D eigenvalue weighted by molar-refractivity contribution is 6.39. The molecule has 0 atom stereocenters. The van der Waals surface area contributed by atoms with Crippen LogP contribution in [0.5, 0.6) is 11.5 Å². The summed E-state index contributed by atoms with van der Waals surface area (Å²) < 4.78 is 10.9. The number of hydrazone groups is 1. The van der Waals surface area contributed by atoms with Gasteiger partial charge in [-0.3, -0.25) is 14.4 Å². The number of aryl methyl sites for hydroxylation is 2. The van der Waals surface area contributed by atoms with Gasteiger partial charge in [-0.05, 0) is 86.0 Å². The van der Waals surface area contributed by atoms with Gasteiger partial charge in [0.1, 0.15) is 11.5 Å². The molecule has 3 aromatic carbocycles. The first-order chi connectivity index (χ1) is 17.4. The highest BCUT2D eigenvalue weighted by Crippen LogP contribution is 2.23. The Morgan fingerprint density at radius 3 is 2.33 bits per heavy atom. The monoisotopic (exact) mass is 488 g/mol. The fourth-order valence-corrected chi connectivity index (χ4v) is 3.06. The van der Waals surface area contributed by atoms with Crippen LogP contribution in [0, 0.1) is 13.8 Å². The lowest BCUT2D eigenvalue weighted by atomic mass is 10.1. The van der Waals surface area contributed by atoms with Crippen molar-refractivity contribution < 1.29 is 23.9 Å².